The van der Waals surface area contributed by atoms with Gasteiger partial charge < -0.3 is 23.9 Å². The van der Waals surface area contributed by atoms with Gasteiger partial charge >= 0.3 is 11.9 Å². The van der Waals surface area contributed by atoms with Gasteiger partial charge in [-0.15, -0.1) is 0 Å². The van der Waals surface area contributed by atoms with Crippen LogP contribution < -0.4 is 4.74 Å². The van der Waals surface area contributed by atoms with Crippen molar-refractivity contribution in [3.63, 3.8) is 0 Å². The zero-order valence-electron chi connectivity index (χ0n) is 21.7. The van der Waals surface area contributed by atoms with E-state index >= 15 is 0 Å². The number of esters is 2. The van der Waals surface area contributed by atoms with Gasteiger partial charge in [-0.3, -0.25) is 19.2 Å². The average Bonchev–Trinajstić information content (AvgIpc) is 2.86. The molecule has 0 heterocycles. The first-order valence-electron chi connectivity index (χ1n) is 11.7. The summed E-state index contributed by atoms with van der Waals surface area (Å²) >= 11 is 5.74. The molecule has 0 saturated carbocycles. The normalized spacial score (nSPS) is 13.1. The molecule has 0 aliphatic carbocycles. The highest BCUT2D eigenvalue weighted by atomic mass is 32.2. The first kappa shape index (κ1) is 33.6. The van der Waals surface area contributed by atoms with Crippen LogP contribution in [0.5, 0.6) is 5.75 Å². The van der Waals surface area contributed by atoms with Gasteiger partial charge in [0.1, 0.15) is 23.1 Å². The van der Waals surface area contributed by atoms with Gasteiger partial charge in [-0.2, -0.15) is 12.6 Å². The summed E-state index contributed by atoms with van der Waals surface area (Å²) in [5.41, 5.74) is 0.0687. The van der Waals surface area contributed by atoms with Crippen molar-refractivity contribution >= 4 is 75.7 Å². The lowest BCUT2D eigenvalue weighted by Crippen LogP contribution is -2.27. The van der Waals surface area contributed by atoms with E-state index in [1.807, 2.05) is 0 Å². The first-order valence-corrected chi connectivity index (χ1v) is 14.3. The van der Waals surface area contributed by atoms with E-state index in [9.17, 15) is 33.6 Å². The molecule has 0 spiro atoms. The molecule has 3 atom stereocenters. The summed E-state index contributed by atoms with van der Waals surface area (Å²) in [6.07, 6.45) is -0.213. The number of ether oxygens (including phenoxy) is 2. The number of thiol groups is 1. The predicted octanol–water partition coefficient (Wildman–Crippen LogP) is 3.61. The number of thioether (sulfide) groups is 2. The topological polar surface area (TPSA) is 138 Å². The van der Waals surface area contributed by atoms with E-state index in [-0.39, 0.29) is 70.3 Å². The second-order valence-electron chi connectivity index (χ2n) is 8.66. The van der Waals surface area contributed by atoms with E-state index in [0.717, 1.165) is 23.5 Å². The number of ketones is 3. The van der Waals surface area contributed by atoms with Gasteiger partial charge in [-0.05, 0) is 32.9 Å². The average molecular weight is 585 g/mol. The minimum Gasteiger partial charge on any atom is -0.469 e. The maximum atomic E-state index is 13.0. The quantitative estimate of drug-likeness (QED) is 0.173. The maximum absolute atomic E-state index is 13.0. The molecule has 9 nitrogen and oxygen atoms in total. The molecule has 0 saturated heterocycles. The van der Waals surface area contributed by atoms with Crippen LogP contribution in [0.2, 0.25) is 0 Å². The molecule has 0 aliphatic rings. The number of methoxy groups -OCH3 is 1. The van der Waals surface area contributed by atoms with Gasteiger partial charge in [0.15, 0.2) is 5.12 Å². The molecule has 0 fully saturated rings. The lowest BCUT2D eigenvalue weighted by molar-refractivity contribution is -0.146. The summed E-state index contributed by atoms with van der Waals surface area (Å²) in [4.78, 5) is 85.0. The van der Waals surface area contributed by atoms with E-state index in [1.165, 1.54) is 40.0 Å². The monoisotopic (exact) mass is 584 g/mol. The zero-order valence-corrected chi connectivity index (χ0v) is 24.2. The Hall–Kier alpha value is -2.44. The second kappa shape index (κ2) is 17.2. The number of benzene rings is 1. The van der Waals surface area contributed by atoms with Crippen molar-refractivity contribution in [2.45, 2.75) is 40.0 Å². The summed E-state index contributed by atoms with van der Waals surface area (Å²) in [6.45, 7) is 4.02. The SMILES string of the molecule is COC(=O)C(CSC(=O)c1ccccc1OC(=O)C(CSC(=O)C(CS)CC(C)=O)CC(C)=O)CC(C)=O. The van der Waals surface area contributed by atoms with Gasteiger partial charge in [-0.25, -0.2) is 0 Å². The van der Waals surface area contributed by atoms with E-state index in [0.29, 0.717) is 0 Å². The van der Waals surface area contributed by atoms with E-state index in [4.69, 9.17) is 9.47 Å². The van der Waals surface area contributed by atoms with Crippen LogP contribution in [0.4, 0.5) is 0 Å². The number of hydrogen-bond acceptors (Lipinski definition) is 12. The lowest BCUT2D eigenvalue weighted by Gasteiger charge is -2.17. The van der Waals surface area contributed by atoms with Crippen molar-refractivity contribution in [1.82, 2.24) is 0 Å². The Morgan fingerprint density at radius 3 is 1.79 bits per heavy atom. The second-order valence-corrected chi connectivity index (χ2v) is 11.0. The van der Waals surface area contributed by atoms with E-state index in [1.54, 1.807) is 12.1 Å². The number of carbonyl (C=O) groups excluding carboxylic acids is 7. The van der Waals surface area contributed by atoms with Gasteiger partial charge in [0.05, 0.1) is 24.5 Å². The third-order valence-electron chi connectivity index (χ3n) is 5.18. The zero-order chi connectivity index (χ0) is 28.8. The fourth-order valence-electron chi connectivity index (χ4n) is 3.32. The highest BCUT2D eigenvalue weighted by Gasteiger charge is 2.28. The standard InChI is InChI=1S/C26H32O9S3/c1-15(27)9-18(12-36)25(32)37-14-20(11-17(3)29)24(31)35-22-8-6-5-7-21(22)26(33)38-13-19(10-16(2)28)23(30)34-4/h5-8,18-20,36H,9-14H2,1-4H3. The molecular weight excluding hydrogens is 552 g/mol. The maximum Gasteiger partial charge on any atom is 0.315 e. The third kappa shape index (κ3) is 12.0. The summed E-state index contributed by atoms with van der Waals surface area (Å²) in [5, 5.41) is -0.798. The Morgan fingerprint density at radius 1 is 0.763 bits per heavy atom. The van der Waals surface area contributed by atoms with Crippen LogP contribution >= 0.6 is 36.2 Å². The van der Waals surface area contributed by atoms with Gasteiger partial charge in [0.25, 0.3) is 0 Å². The Kier molecular flexibility index (Phi) is 15.2. The Bertz CT molecular complexity index is 1050. The third-order valence-corrected chi connectivity index (χ3v) is 7.86. The van der Waals surface area contributed by atoms with Crippen LogP contribution in [0.3, 0.4) is 0 Å². The Labute approximate surface area is 235 Å². The molecule has 0 aromatic heterocycles. The van der Waals surface area contributed by atoms with Crippen LogP contribution in [0.15, 0.2) is 24.3 Å². The highest BCUT2D eigenvalue weighted by molar-refractivity contribution is 8.14. The van der Waals surface area contributed by atoms with E-state index < -0.39 is 34.8 Å². The van der Waals surface area contributed by atoms with Crippen molar-refractivity contribution in [2.24, 2.45) is 17.8 Å². The summed E-state index contributed by atoms with van der Waals surface area (Å²) < 4.78 is 10.2. The molecule has 0 bridgehead atoms. The minimum absolute atomic E-state index is 0.00828. The highest BCUT2D eigenvalue weighted by Crippen LogP contribution is 2.28. The summed E-state index contributed by atoms with van der Waals surface area (Å²) in [6, 6.07) is 6.01. The molecule has 0 N–H and O–H groups in total. The molecule has 38 heavy (non-hydrogen) atoms. The van der Waals surface area contributed by atoms with Crippen LogP contribution in [0.25, 0.3) is 0 Å². The number of hydrogen-bond donors (Lipinski definition) is 1. The smallest absolute Gasteiger partial charge is 0.315 e. The minimum atomic E-state index is -0.963. The van der Waals surface area contributed by atoms with Crippen molar-refractivity contribution < 1.29 is 43.0 Å². The van der Waals surface area contributed by atoms with Crippen molar-refractivity contribution in [1.29, 1.82) is 0 Å². The molecule has 1 rings (SSSR count). The molecular formula is C26H32O9S3. The molecule has 3 unspecified atom stereocenters. The lowest BCUT2D eigenvalue weighted by atomic mass is 10.1. The number of carbonyl (C=O) groups is 7. The number of para-hydroxylation sites is 1. The fraction of sp³-hybridized carbons (Fsp3) is 0.500. The van der Waals surface area contributed by atoms with Crippen LogP contribution in [0, 0.1) is 17.8 Å². The van der Waals surface area contributed by atoms with Gasteiger partial charge in [0, 0.05) is 42.4 Å². The molecule has 1 aromatic rings. The van der Waals surface area contributed by atoms with Crippen molar-refractivity contribution in [3.8, 4) is 5.75 Å². The molecule has 1 aromatic carbocycles. The molecule has 0 amide bonds. The molecule has 12 heteroatoms. The number of rotatable bonds is 16. The summed E-state index contributed by atoms with van der Waals surface area (Å²) in [7, 11) is 1.20. The Morgan fingerprint density at radius 2 is 1.26 bits per heavy atom. The largest absolute Gasteiger partial charge is 0.469 e. The molecule has 0 radical (unpaired) electrons. The summed E-state index contributed by atoms with van der Waals surface area (Å²) in [5.74, 6) is -4.36. The Balaban J connectivity index is 2.98. The number of Topliss-reactive ketones (excluding diaryl/α,β-unsaturated/α-hetero) is 3. The van der Waals surface area contributed by atoms with E-state index in [2.05, 4.69) is 12.6 Å². The fourth-order valence-corrected chi connectivity index (χ4v) is 5.69. The first-order chi connectivity index (χ1) is 17.9. The molecule has 0 aliphatic heterocycles. The van der Waals surface area contributed by atoms with Crippen LogP contribution in [-0.2, 0) is 33.5 Å². The van der Waals surface area contributed by atoms with Crippen LogP contribution in [0.1, 0.15) is 50.4 Å². The van der Waals surface area contributed by atoms with Crippen molar-refractivity contribution in [2.75, 3.05) is 24.4 Å². The van der Waals surface area contributed by atoms with Gasteiger partial charge in [0.2, 0.25) is 5.12 Å². The van der Waals surface area contributed by atoms with Gasteiger partial charge in [-0.1, -0.05) is 35.7 Å². The van der Waals surface area contributed by atoms with Crippen molar-refractivity contribution in [3.05, 3.63) is 29.8 Å². The predicted molar refractivity (Wildman–Crippen MR) is 149 cm³/mol. The van der Waals surface area contributed by atoms with Crippen LogP contribution in [-0.4, -0.2) is 63.9 Å². The molecule has 208 valence electrons.